The zero-order valence-electron chi connectivity index (χ0n) is 18.0. The molecule has 0 bridgehead atoms. The average Bonchev–Trinajstić information content (AvgIpc) is 2.69. The maximum atomic E-state index is 13.2. The maximum Gasteiger partial charge on any atom is 0.250 e. The monoisotopic (exact) mass is 442 g/mol. The molecule has 0 spiro atoms. The second kappa shape index (κ2) is 8.13. The summed E-state index contributed by atoms with van der Waals surface area (Å²) in [5.74, 6) is 0.150. The predicted molar refractivity (Wildman–Crippen MR) is 121 cm³/mol. The highest BCUT2D eigenvalue weighted by molar-refractivity contribution is 6.34. The van der Waals surface area contributed by atoms with Gasteiger partial charge in [-0.1, -0.05) is 29.8 Å². The highest BCUT2D eigenvalue weighted by atomic mass is 35.5. The van der Waals surface area contributed by atoms with Crippen molar-refractivity contribution in [3.05, 3.63) is 57.5 Å². The molecule has 2 aliphatic rings. The van der Waals surface area contributed by atoms with Crippen LogP contribution in [-0.4, -0.2) is 40.1 Å². The number of hydrogen-bond acceptors (Lipinski definition) is 5. The van der Waals surface area contributed by atoms with Crippen molar-refractivity contribution in [1.29, 1.82) is 0 Å². The molecule has 2 aliphatic heterocycles. The van der Waals surface area contributed by atoms with Crippen LogP contribution in [0.25, 0.3) is 11.1 Å². The summed E-state index contributed by atoms with van der Waals surface area (Å²) in [6.07, 6.45) is 3.42. The summed E-state index contributed by atoms with van der Waals surface area (Å²) in [5.41, 5.74) is 7.46. The fraction of sp³-hybridized carbons (Fsp3) is 0.435. The molecule has 8 heteroatoms. The van der Waals surface area contributed by atoms with Crippen LogP contribution in [0.1, 0.15) is 38.7 Å². The molecule has 2 N–H and O–H groups in total. The number of carbonyl (C=O) groups is 1. The third-order valence-corrected chi connectivity index (χ3v) is 6.60. The van der Waals surface area contributed by atoms with Crippen LogP contribution >= 0.6 is 11.6 Å². The Morgan fingerprint density at radius 2 is 2.06 bits per heavy atom. The molecule has 0 radical (unpaired) electrons. The molecule has 2 aromatic rings. The fourth-order valence-corrected chi connectivity index (χ4v) is 4.93. The first kappa shape index (κ1) is 21.6. The van der Waals surface area contributed by atoms with Gasteiger partial charge < -0.3 is 15.0 Å². The molecule has 0 aliphatic carbocycles. The van der Waals surface area contributed by atoms with Crippen molar-refractivity contribution >= 4 is 23.5 Å². The number of halogens is 1. The van der Waals surface area contributed by atoms with Crippen molar-refractivity contribution in [3.8, 4) is 11.1 Å². The van der Waals surface area contributed by atoms with Crippen molar-refractivity contribution in [3.63, 3.8) is 0 Å². The lowest BCUT2D eigenvalue weighted by atomic mass is 9.85. The van der Waals surface area contributed by atoms with Gasteiger partial charge in [-0.25, -0.2) is 4.99 Å². The van der Waals surface area contributed by atoms with E-state index in [0.717, 1.165) is 24.0 Å². The first-order chi connectivity index (χ1) is 14.7. The Hall–Kier alpha value is -2.64. The van der Waals surface area contributed by atoms with Crippen LogP contribution in [0.3, 0.4) is 0 Å². The van der Waals surface area contributed by atoms with Gasteiger partial charge in [0.2, 0.25) is 5.91 Å². The van der Waals surface area contributed by atoms with Gasteiger partial charge >= 0.3 is 0 Å². The van der Waals surface area contributed by atoms with Crippen molar-refractivity contribution in [2.24, 2.45) is 17.8 Å². The molecule has 0 unspecified atom stereocenters. The van der Waals surface area contributed by atoms with Gasteiger partial charge in [-0.3, -0.25) is 14.5 Å². The maximum absolute atomic E-state index is 13.2. The van der Waals surface area contributed by atoms with E-state index in [9.17, 15) is 9.59 Å². The van der Waals surface area contributed by atoms with E-state index in [0.29, 0.717) is 17.2 Å². The van der Waals surface area contributed by atoms with Crippen LogP contribution in [0.5, 0.6) is 0 Å². The summed E-state index contributed by atoms with van der Waals surface area (Å²) >= 11 is 6.80. The quantitative estimate of drug-likeness (QED) is 0.791. The Kier molecular flexibility index (Phi) is 5.66. The molecule has 1 amide bonds. The van der Waals surface area contributed by atoms with Gasteiger partial charge in [-0.05, 0) is 43.9 Å². The molecule has 164 valence electrons. The smallest absolute Gasteiger partial charge is 0.250 e. The van der Waals surface area contributed by atoms with E-state index < -0.39 is 5.54 Å². The standard InChI is InChI=1S/C23H27ClN4O3/c1-14-11-16(8-10-31-14)28-20(30)13-23(2,26-22(28)25)18-6-4-5-17(21(18)24)15-7-9-27(3)19(29)12-15/h4-7,9,12,14,16H,8,10-11,13H2,1-3H3,(H2,25,26)/t14-,16-,23-/m0/s1. The molecule has 0 saturated carbocycles. The molecule has 3 heterocycles. The summed E-state index contributed by atoms with van der Waals surface area (Å²) in [7, 11) is 1.70. The highest BCUT2D eigenvalue weighted by Gasteiger charge is 2.42. The number of pyridine rings is 1. The van der Waals surface area contributed by atoms with Crippen LogP contribution in [0.2, 0.25) is 5.02 Å². The SMILES string of the molecule is C[C@H]1C[C@@H](N2C(=O)C[C@@](C)(c3cccc(-c4ccn(C)c(=O)c4)c3Cl)N=C2N)CCO1. The minimum atomic E-state index is -0.888. The Morgan fingerprint density at radius 3 is 2.74 bits per heavy atom. The summed E-state index contributed by atoms with van der Waals surface area (Å²) in [5, 5.41) is 0.468. The molecule has 1 aromatic heterocycles. The van der Waals surface area contributed by atoms with E-state index in [4.69, 9.17) is 27.1 Å². The van der Waals surface area contributed by atoms with E-state index in [1.165, 1.54) is 4.57 Å². The Bertz CT molecular complexity index is 1110. The number of nitrogens with zero attached hydrogens (tertiary/aromatic N) is 3. The van der Waals surface area contributed by atoms with Crippen LogP contribution in [0.15, 0.2) is 46.3 Å². The molecular formula is C23H27ClN4O3. The topological polar surface area (TPSA) is 89.9 Å². The first-order valence-corrected chi connectivity index (χ1v) is 10.8. The second-order valence-electron chi connectivity index (χ2n) is 8.58. The number of aliphatic imine (C=N–C) groups is 1. The van der Waals surface area contributed by atoms with Gasteiger partial charge in [0, 0.05) is 37.5 Å². The highest BCUT2D eigenvalue weighted by Crippen LogP contribution is 2.41. The van der Waals surface area contributed by atoms with Gasteiger partial charge in [-0.15, -0.1) is 0 Å². The number of nitrogens with two attached hydrogens (primary N) is 1. The Balaban J connectivity index is 1.72. The number of amides is 1. The molecule has 1 aromatic carbocycles. The van der Waals surface area contributed by atoms with Crippen LogP contribution < -0.4 is 11.3 Å². The predicted octanol–water partition coefficient (Wildman–Crippen LogP) is 3.04. The number of guanidine groups is 1. The fourth-order valence-electron chi connectivity index (χ4n) is 4.50. The molecule has 4 rings (SSSR count). The Labute approximate surface area is 186 Å². The zero-order chi connectivity index (χ0) is 22.3. The van der Waals surface area contributed by atoms with Crippen molar-refractivity contribution < 1.29 is 9.53 Å². The normalized spacial score (nSPS) is 26.6. The number of ether oxygens (including phenoxy) is 1. The van der Waals surface area contributed by atoms with Crippen molar-refractivity contribution in [2.45, 2.75) is 50.8 Å². The summed E-state index contributed by atoms with van der Waals surface area (Å²) in [4.78, 5) is 31.7. The second-order valence-corrected chi connectivity index (χ2v) is 8.95. The summed E-state index contributed by atoms with van der Waals surface area (Å²) in [6, 6.07) is 8.96. The third-order valence-electron chi connectivity index (χ3n) is 6.19. The lowest BCUT2D eigenvalue weighted by Gasteiger charge is -2.41. The molecular weight excluding hydrogens is 416 g/mol. The van der Waals surface area contributed by atoms with Crippen molar-refractivity contribution in [1.82, 2.24) is 9.47 Å². The Morgan fingerprint density at radius 1 is 1.29 bits per heavy atom. The number of aryl methyl sites for hydroxylation is 1. The van der Waals surface area contributed by atoms with Crippen LogP contribution in [0.4, 0.5) is 0 Å². The number of hydrogen-bond donors (Lipinski definition) is 1. The summed E-state index contributed by atoms with van der Waals surface area (Å²) < 4.78 is 7.11. The lowest BCUT2D eigenvalue weighted by Crippen LogP contribution is -2.56. The molecule has 3 atom stereocenters. The van der Waals surface area contributed by atoms with E-state index in [2.05, 4.69) is 0 Å². The summed E-state index contributed by atoms with van der Waals surface area (Å²) in [6.45, 7) is 4.47. The third kappa shape index (κ3) is 4.00. The number of carbonyl (C=O) groups excluding carboxylic acids is 1. The molecule has 7 nitrogen and oxygen atoms in total. The van der Waals surface area contributed by atoms with Crippen LogP contribution in [0, 0.1) is 0 Å². The minimum absolute atomic E-state index is 0.00751. The van der Waals surface area contributed by atoms with Crippen molar-refractivity contribution in [2.75, 3.05) is 6.61 Å². The largest absolute Gasteiger partial charge is 0.378 e. The van der Waals surface area contributed by atoms with E-state index >= 15 is 0 Å². The van der Waals surface area contributed by atoms with Gasteiger partial charge in [0.1, 0.15) is 0 Å². The number of benzene rings is 1. The molecule has 1 saturated heterocycles. The van der Waals surface area contributed by atoms with Gasteiger partial charge in [0.25, 0.3) is 5.56 Å². The lowest BCUT2D eigenvalue weighted by molar-refractivity contribution is -0.133. The van der Waals surface area contributed by atoms with Gasteiger partial charge in [0.15, 0.2) is 5.96 Å². The minimum Gasteiger partial charge on any atom is -0.378 e. The van der Waals surface area contributed by atoms with E-state index in [1.807, 2.05) is 38.1 Å². The zero-order valence-corrected chi connectivity index (χ0v) is 18.7. The van der Waals surface area contributed by atoms with Gasteiger partial charge in [-0.2, -0.15) is 0 Å². The van der Waals surface area contributed by atoms with Crippen LogP contribution in [-0.2, 0) is 22.1 Å². The average molecular weight is 443 g/mol. The molecule has 31 heavy (non-hydrogen) atoms. The number of aromatic nitrogens is 1. The molecule has 1 fully saturated rings. The van der Waals surface area contributed by atoms with E-state index in [1.54, 1.807) is 24.2 Å². The number of rotatable bonds is 3. The van der Waals surface area contributed by atoms with E-state index in [-0.39, 0.29) is 36.0 Å². The van der Waals surface area contributed by atoms with Gasteiger partial charge in [0.05, 0.1) is 23.1 Å². The first-order valence-electron chi connectivity index (χ1n) is 10.4.